The van der Waals surface area contributed by atoms with Crippen LogP contribution in [0.25, 0.3) is 0 Å². The molecular weight excluding hydrogens is 100 g/mol. The van der Waals surface area contributed by atoms with Gasteiger partial charge in [-0.05, 0) is 12.8 Å². The Morgan fingerprint density at radius 1 is 1.75 bits per heavy atom. The Balaban J connectivity index is 2.36. The number of aliphatic imine (C=N–C) groups is 1. The number of rotatable bonds is 1. The van der Waals surface area contributed by atoms with Gasteiger partial charge >= 0.3 is 0 Å². The summed E-state index contributed by atoms with van der Waals surface area (Å²) in [6.07, 6.45) is 2.74. The molecule has 0 spiro atoms. The third kappa shape index (κ3) is 1.06. The predicted octanol–water partition coefficient (Wildman–Crippen LogP) is 1.13. The molecule has 2 nitrogen and oxygen atoms in total. The maximum absolute atomic E-state index is 8.20. The molecule has 0 unspecified atom stereocenters. The van der Waals surface area contributed by atoms with Crippen molar-refractivity contribution in [3.05, 3.63) is 0 Å². The van der Waals surface area contributed by atoms with E-state index in [4.69, 9.17) is 5.26 Å². The van der Waals surface area contributed by atoms with E-state index in [0.717, 1.165) is 25.1 Å². The van der Waals surface area contributed by atoms with Gasteiger partial charge < -0.3 is 0 Å². The second-order valence-corrected chi connectivity index (χ2v) is 1.89. The summed E-state index contributed by atoms with van der Waals surface area (Å²) in [6.45, 7) is 0.941. The molecule has 0 fully saturated rings. The fourth-order valence-corrected chi connectivity index (χ4v) is 0.835. The van der Waals surface area contributed by atoms with Crippen molar-refractivity contribution < 1.29 is 0 Å². The number of nitriles is 1. The summed E-state index contributed by atoms with van der Waals surface area (Å²) < 4.78 is 0. The van der Waals surface area contributed by atoms with Crippen LogP contribution >= 0.6 is 0 Å². The van der Waals surface area contributed by atoms with E-state index >= 15 is 0 Å². The molecule has 0 aromatic carbocycles. The molecular formula is C6H8N2. The largest absolute Gasteiger partial charge is 0.293 e. The van der Waals surface area contributed by atoms with Crippen molar-refractivity contribution in [2.45, 2.75) is 19.3 Å². The van der Waals surface area contributed by atoms with E-state index < -0.39 is 0 Å². The van der Waals surface area contributed by atoms with Gasteiger partial charge in [0.2, 0.25) is 0 Å². The predicted molar refractivity (Wildman–Crippen MR) is 31.8 cm³/mol. The first kappa shape index (κ1) is 5.30. The van der Waals surface area contributed by atoms with E-state index in [1.807, 2.05) is 0 Å². The van der Waals surface area contributed by atoms with Crippen molar-refractivity contribution in [2.75, 3.05) is 6.54 Å². The maximum Gasteiger partial charge on any atom is 0.0731 e. The van der Waals surface area contributed by atoms with Gasteiger partial charge in [-0.2, -0.15) is 5.26 Å². The van der Waals surface area contributed by atoms with E-state index in [-0.39, 0.29) is 0 Å². The van der Waals surface area contributed by atoms with Gasteiger partial charge in [0, 0.05) is 12.3 Å². The molecule has 0 radical (unpaired) electrons. The molecule has 0 aromatic rings. The Kier molecular flexibility index (Phi) is 1.63. The second kappa shape index (κ2) is 2.46. The van der Waals surface area contributed by atoms with Crippen LogP contribution in [-0.4, -0.2) is 12.3 Å². The lowest BCUT2D eigenvalue weighted by Gasteiger charge is -1.84. The van der Waals surface area contributed by atoms with Crippen LogP contribution < -0.4 is 0 Å². The Morgan fingerprint density at radius 2 is 2.62 bits per heavy atom. The summed E-state index contributed by atoms with van der Waals surface area (Å²) in [5.74, 6) is 0. The van der Waals surface area contributed by atoms with E-state index in [1.165, 1.54) is 0 Å². The van der Waals surface area contributed by atoms with Crippen LogP contribution in [0.2, 0.25) is 0 Å². The Bertz CT molecular complexity index is 141. The first-order chi connectivity index (χ1) is 3.93. The van der Waals surface area contributed by atoms with Gasteiger partial charge in [-0.15, -0.1) is 0 Å². The lowest BCUT2D eigenvalue weighted by Crippen LogP contribution is -1.87. The molecule has 1 aliphatic heterocycles. The highest BCUT2D eigenvalue weighted by molar-refractivity contribution is 5.87. The van der Waals surface area contributed by atoms with Crippen LogP contribution in [0.5, 0.6) is 0 Å². The minimum Gasteiger partial charge on any atom is -0.293 e. The summed E-state index contributed by atoms with van der Waals surface area (Å²) in [4.78, 5) is 4.12. The van der Waals surface area contributed by atoms with E-state index in [0.29, 0.717) is 6.42 Å². The molecule has 0 bridgehead atoms. The first-order valence-electron chi connectivity index (χ1n) is 2.82. The van der Waals surface area contributed by atoms with Crippen LogP contribution in [-0.2, 0) is 0 Å². The van der Waals surface area contributed by atoms with E-state index in [1.54, 1.807) is 0 Å². The van der Waals surface area contributed by atoms with E-state index in [2.05, 4.69) is 11.1 Å². The summed E-state index contributed by atoms with van der Waals surface area (Å²) in [5.41, 5.74) is 1.09. The Labute approximate surface area is 48.8 Å². The first-order valence-corrected chi connectivity index (χ1v) is 2.82. The minimum absolute atomic E-state index is 0.542. The van der Waals surface area contributed by atoms with Gasteiger partial charge in [0.25, 0.3) is 0 Å². The zero-order chi connectivity index (χ0) is 5.82. The van der Waals surface area contributed by atoms with Crippen LogP contribution in [0.15, 0.2) is 4.99 Å². The fraction of sp³-hybridized carbons (Fsp3) is 0.667. The third-order valence-electron chi connectivity index (χ3n) is 1.24. The lowest BCUT2D eigenvalue weighted by atomic mass is 10.2. The molecule has 0 aromatic heterocycles. The molecule has 0 saturated carbocycles. The third-order valence-corrected chi connectivity index (χ3v) is 1.24. The molecule has 0 aliphatic carbocycles. The molecule has 1 aliphatic rings. The number of hydrogen-bond acceptors (Lipinski definition) is 2. The zero-order valence-corrected chi connectivity index (χ0v) is 4.72. The zero-order valence-electron chi connectivity index (χ0n) is 4.72. The van der Waals surface area contributed by atoms with Gasteiger partial charge in [0.15, 0.2) is 0 Å². The fourth-order valence-electron chi connectivity index (χ4n) is 0.835. The van der Waals surface area contributed by atoms with Crippen molar-refractivity contribution >= 4 is 5.71 Å². The summed E-state index contributed by atoms with van der Waals surface area (Å²) in [5, 5.41) is 8.20. The van der Waals surface area contributed by atoms with Crippen molar-refractivity contribution in [3.8, 4) is 6.07 Å². The normalized spacial score (nSPS) is 17.6. The van der Waals surface area contributed by atoms with Crippen molar-refractivity contribution in [3.63, 3.8) is 0 Å². The molecule has 1 heterocycles. The Morgan fingerprint density at radius 3 is 3.12 bits per heavy atom. The van der Waals surface area contributed by atoms with Crippen LogP contribution in [0.3, 0.4) is 0 Å². The highest BCUT2D eigenvalue weighted by Gasteiger charge is 2.03. The lowest BCUT2D eigenvalue weighted by molar-refractivity contribution is 0.950. The molecule has 0 N–H and O–H groups in total. The van der Waals surface area contributed by atoms with Gasteiger partial charge in [-0.3, -0.25) is 4.99 Å². The van der Waals surface area contributed by atoms with Crippen LogP contribution in [0.1, 0.15) is 19.3 Å². The molecule has 42 valence electrons. The quantitative estimate of drug-likeness (QED) is 0.496. The maximum atomic E-state index is 8.20. The summed E-state index contributed by atoms with van der Waals surface area (Å²) >= 11 is 0. The molecule has 8 heavy (non-hydrogen) atoms. The van der Waals surface area contributed by atoms with Gasteiger partial charge in [-0.25, -0.2) is 0 Å². The smallest absolute Gasteiger partial charge is 0.0731 e. The molecule has 0 amide bonds. The molecule has 2 heteroatoms. The molecule has 1 rings (SSSR count). The van der Waals surface area contributed by atoms with Crippen molar-refractivity contribution in [2.24, 2.45) is 4.99 Å². The summed E-state index contributed by atoms with van der Waals surface area (Å²) in [7, 11) is 0. The van der Waals surface area contributed by atoms with Crippen LogP contribution in [0.4, 0.5) is 0 Å². The van der Waals surface area contributed by atoms with Crippen molar-refractivity contribution in [1.29, 1.82) is 5.26 Å². The Hall–Kier alpha value is -0.840. The topological polar surface area (TPSA) is 36.1 Å². The van der Waals surface area contributed by atoms with Crippen LogP contribution in [0, 0.1) is 11.3 Å². The number of nitrogens with zero attached hydrogens (tertiary/aromatic N) is 2. The average molecular weight is 108 g/mol. The average Bonchev–Trinajstić information content (AvgIpc) is 2.19. The van der Waals surface area contributed by atoms with Crippen molar-refractivity contribution in [1.82, 2.24) is 0 Å². The summed E-state index contributed by atoms with van der Waals surface area (Å²) in [6, 6.07) is 2.08. The van der Waals surface area contributed by atoms with Gasteiger partial charge in [0.1, 0.15) is 0 Å². The monoisotopic (exact) mass is 108 g/mol. The number of hydrogen-bond donors (Lipinski definition) is 0. The standard InChI is InChI=1S/C6H8N2/c7-4-3-6-2-1-5-8-6/h1-3,5H2. The second-order valence-electron chi connectivity index (χ2n) is 1.89. The van der Waals surface area contributed by atoms with Gasteiger partial charge in [-0.1, -0.05) is 0 Å². The molecule has 0 atom stereocenters. The highest BCUT2D eigenvalue weighted by atomic mass is 14.8. The SMILES string of the molecule is N#CCC1=NCCC1. The molecule has 0 saturated heterocycles. The highest BCUT2D eigenvalue weighted by Crippen LogP contribution is 2.05. The minimum atomic E-state index is 0.542. The van der Waals surface area contributed by atoms with E-state index in [9.17, 15) is 0 Å². The van der Waals surface area contributed by atoms with Gasteiger partial charge in [0.05, 0.1) is 12.5 Å².